The summed E-state index contributed by atoms with van der Waals surface area (Å²) in [7, 11) is 0. The van der Waals surface area contributed by atoms with E-state index in [1.54, 1.807) is 13.0 Å². The smallest absolute Gasteiger partial charge is 0.255 e. The second kappa shape index (κ2) is 4.45. The zero-order valence-electron chi connectivity index (χ0n) is 9.58. The fraction of sp³-hybridized carbons (Fsp3) is 0.333. The van der Waals surface area contributed by atoms with Crippen LogP contribution in [0.1, 0.15) is 20.3 Å². The van der Waals surface area contributed by atoms with E-state index in [-0.39, 0.29) is 16.8 Å². The highest BCUT2D eigenvalue weighted by Crippen LogP contribution is 2.27. The first kappa shape index (κ1) is 12.0. The third-order valence-electron chi connectivity index (χ3n) is 2.82. The zero-order valence-corrected chi connectivity index (χ0v) is 10.3. The predicted octanol–water partition coefficient (Wildman–Crippen LogP) is 3.23. The van der Waals surface area contributed by atoms with Gasteiger partial charge in [0.15, 0.2) is 0 Å². The number of amides is 1. The quantitative estimate of drug-likeness (QED) is 0.798. The lowest BCUT2D eigenvalue weighted by atomic mass is 10.0. The molecule has 90 valence electrons. The predicted molar refractivity (Wildman–Crippen MR) is 65.8 cm³/mol. The third kappa shape index (κ3) is 2.05. The summed E-state index contributed by atoms with van der Waals surface area (Å²) in [5, 5.41) is 5.47. The van der Waals surface area contributed by atoms with Crippen LogP contribution in [-0.4, -0.2) is 11.6 Å². The first-order valence-corrected chi connectivity index (χ1v) is 5.78. The highest BCUT2D eigenvalue weighted by Gasteiger charge is 2.32. The van der Waals surface area contributed by atoms with Crippen molar-refractivity contribution < 1.29 is 9.18 Å². The average molecular weight is 255 g/mol. The molecule has 0 radical (unpaired) electrons. The Hall–Kier alpha value is -1.42. The third-order valence-corrected chi connectivity index (χ3v) is 3.12. The standard InChI is InChI=1S/C12H12ClFN2O/c1-3-11-7(2)12(17)16(15-11)8-4-5-9(13)10(14)6-8/h4-7H,3H2,1-2H3. The van der Waals surface area contributed by atoms with Gasteiger partial charge in [0, 0.05) is 6.07 Å². The lowest BCUT2D eigenvalue weighted by Gasteiger charge is -2.12. The molecule has 1 atom stereocenters. The van der Waals surface area contributed by atoms with Crippen molar-refractivity contribution in [2.75, 3.05) is 5.01 Å². The van der Waals surface area contributed by atoms with Gasteiger partial charge < -0.3 is 0 Å². The number of benzene rings is 1. The van der Waals surface area contributed by atoms with Crippen molar-refractivity contribution in [1.82, 2.24) is 0 Å². The molecule has 1 amide bonds. The van der Waals surface area contributed by atoms with E-state index in [1.165, 1.54) is 17.1 Å². The van der Waals surface area contributed by atoms with Crippen LogP contribution < -0.4 is 5.01 Å². The van der Waals surface area contributed by atoms with Gasteiger partial charge in [-0.1, -0.05) is 18.5 Å². The molecule has 0 saturated heterocycles. The maximum Gasteiger partial charge on any atom is 0.255 e. The summed E-state index contributed by atoms with van der Waals surface area (Å²) in [4.78, 5) is 11.9. The molecule has 0 bridgehead atoms. The number of hydrogen-bond donors (Lipinski definition) is 0. The Morgan fingerprint density at radius 2 is 2.24 bits per heavy atom. The molecule has 0 N–H and O–H groups in total. The van der Waals surface area contributed by atoms with E-state index in [0.717, 1.165) is 5.71 Å². The number of hydrazone groups is 1. The number of carbonyl (C=O) groups is 1. The molecule has 1 aromatic carbocycles. The molecule has 0 saturated carbocycles. The molecule has 1 unspecified atom stereocenters. The topological polar surface area (TPSA) is 32.7 Å². The number of rotatable bonds is 2. The summed E-state index contributed by atoms with van der Waals surface area (Å²) in [6.45, 7) is 3.74. The number of anilines is 1. The summed E-state index contributed by atoms with van der Waals surface area (Å²) in [6.07, 6.45) is 0.708. The zero-order chi connectivity index (χ0) is 12.6. The lowest BCUT2D eigenvalue weighted by Crippen LogP contribution is -2.25. The van der Waals surface area contributed by atoms with Crippen molar-refractivity contribution in [3.8, 4) is 0 Å². The summed E-state index contributed by atoms with van der Waals surface area (Å²) in [5.41, 5.74) is 1.22. The van der Waals surface area contributed by atoms with Crippen molar-refractivity contribution in [1.29, 1.82) is 0 Å². The Kier molecular flexibility index (Phi) is 3.15. The van der Waals surface area contributed by atoms with Crippen LogP contribution in [0, 0.1) is 11.7 Å². The SMILES string of the molecule is CCC1=NN(c2ccc(Cl)c(F)c2)C(=O)C1C. The number of carbonyl (C=O) groups excluding carboxylic acids is 1. The van der Waals surface area contributed by atoms with Gasteiger partial charge in [-0.3, -0.25) is 4.79 Å². The highest BCUT2D eigenvalue weighted by molar-refractivity contribution is 6.30. The number of halogens is 2. The largest absolute Gasteiger partial charge is 0.272 e. The van der Waals surface area contributed by atoms with Crippen LogP contribution in [0.4, 0.5) is 10.1 Å². The van der Waals surface area contributed by atoms with E-state index >= 15 is 0 Å². The van der Waals surface area contributed by atoms with Crippen molar-refractivity contribution >= 4 is 28.9 Å². The maximum absolute atomic E-state index is 13.3. The van der Waals surface area contributed by atoms with Gasteiger partial charge in [-0.25, -0.2) is 9.40 Å². The first-order chi connectivity index (χ1) is 8.04. The normalized spacial score (nSPS) is 19.8. The fourth-order valence-electron chi connectivity index (χ4n) is 1.77. The van der Waals surface area contributed by atoms with Crippen molar-refractivity contribution in [3.05, 3.63) is 29.0 Å². The average Bonchev–Trinajstić information content (AvgIpc) is 2.60. The summed E-state index contributed by atoms with van der Waals surface area (Å²) >= 11 is 5.59. The molecular weight excluding hydrogens is 243 g/mol. The van der Waals surface area contributed by atoms with Gasteiger partial charge in [0.1, 0.15) is 5.82 Å². The molecule has 5 heteroatoms. The Morgan fingerprint density at radius 3 is 2.76 bits per heavy atom. The van der Waals surface area contributed by atoms with Gasteiger partial charge in [0.25, 0.3) is 5.91 Å². The summed E-state index contributed by atoms with van der Waals surface area (Å²) in [6, 6.07) is 4.22. The Balaban J connectivity index is 2.38. The summed E-state index contributed by atoms with van der Waals surface area (Å²) < 4.78 is 13.3. The minimum absolute atomic E-state index is 0.0353. The number of nitrogens with zero attached hydrogens (tertiary/aromatic N) is 2. The lowest BCUT2D eigenvalue weighted by molar-refractivity contribution is -0.119. The van der Waals surface area contributed by atoms with E-state index in [4.69, 9.17) is 11.6 Å². The highest BCUT2D eigenvalue weighted by atomic mass is 35.5. The Morgan fingerprint density at radius 1 is 1.53 bits per heavy atom. The van der Waals surface area contributed by atoms with Crippen LogP contribution in [0.5, 0.6) is 0 Å². The van der Waals surface area contributed by atoms with Crippen LogP contribution in [0.3, 0.4) is 0 Å². The Labute approximate surface area is 104 Å². The monoisotopic (exact) mass is 254 g/mol. The van der Waals surface area contributed by atoms with Crippen molar-refractivity contribution in [2.24, 2.45) is 11.0 Å². The maximum atomic E-state index is 13.3. The van der Waals surface area contributed by atoms with Crippen LogP contribution in [-0.2, 0) is 4.79 Å². The molecule has 2 rings (SSSR count). The molecule has 0 aliphatic carbocycles. The molecular formula is C12H12ClFN2O. The molecule has 1 aliphatic heterocycles. The second-order valence-electron chi connectivity index (χ2n) is 3.92. The molecule has 3 nitrogen and oxygen atoms in total. The van der Waals surface area contributed by atoms with Gasteiger partial charge >= 0.3 is 0 Å². The van der Waals surface area contributed by atoms with Gasteiger partial charge in [-0.2, -0.15) is 5.10 Å². The first-order valence-electron chi connectivity index (χ1n) is 5.41. The molecule has 1 heterocycles. The van der Waals surface area contributed by atoms with Gasteiger partial charge in [0.2, 0.25) is 0 Å². The molecule has 1 aromatic rings. The molecule has 17 heavy (non-hydrogen) atoms. The van der Waals surface area contributed by atoms with E-state index in [0.29, 0.717) is 12.1 Å². The molecule has 1 aliphatic rings. The van der Waals surface area contributed by atoms with Crippen LogP contribution in [0.25, 0.3) is 0 Å². The molecule has 0 aromatic heterocycles. The van der Waals surface area contributed by atoms with E-state index in [9.17, 15) is 9.18 Å². The molecule has 0 spiro atoms. The van der Waals surface area contributed by atoms with E-state index in [1.807, 2.05) is 6.92 Å². The van der Waals surface area contributed by atoms with Crippen LogP contribution in [0.2, 0.25) is 5.02 Å². The molecule has 0 fully saturated rings. The van der Waals surface area contributed by atoms with Gasteiger partial charge in [-0.05, 0) is 25.5 Å². The van der Waals surface area contributed by atoms with Crippen molar-refractivity contribution in [2.45, 2.75) is 20.3 Å². The van der Waals surface area contributed by atoms with Gasteiger partial charge in [-0.15, -0.1) is 0 Å². The van der Waals surface area contributed by atoms with Gasteiger partial charge in [0.05, 0.1) is 22.3 Å². The number of hydrogen-bond acceptors (Lipinski definition) is 2. The minimum Gasteiger partial charge on any atom is -0.272 e. The fourth-order valence-corrected chi connectivity index (χ4v) is 1.89. The van der Waals surface area contributed by atoms with Crippen LogP contribution in [0.15, 0.2) is 23.3 Å². The van der Waals surface area contributed by atoms with E-state index in [2.05, 4.69) is 5.10 Å². The van der Waals surface area contributed by atoms with Crippen LogP contribution >= 0.6 is 11.6 Å². The summed E-state index contributed by atoms with van der Waals surface area (Å²) in [5.74, 6) is -0.924. The Bertz CT molecular complexity index is 501. The minimum atomic E-state index is -0.551. The second-order valence-corrected chi connectivity index (χ2v) is 4.32. The van der Waals surface area contributed by atoms with Crippen molar-refractivity contribution in [3.63, 3.8) is 0 Å². The van der Waals surface area contributed by atoms with E-state index < -0.39 is 5.82 Å².